The van der Waals surface area contributed by atoms with Crippen LogP contribution in [0.5, 0.6) is 0 Å². The normalized spacial score (nSPS) is 11.7. The predicted molar refractivity (Wildman–Crippen MR) is 117 cm³/mol. The lowest BCUT2D eigenvalue weighted by Crippen LogP contribution is -2.27. The Kier molecular flexibility index (Phi) is 5.11. The number of hydrogen-bond donors (Lipinski definition) is 3. The Bertz CT molecular complexity index is 1290. The van der Waals surface area contributed by atoms with E-state index in [9.17, 15) is 14.7 Å². The fourth-order valence-electron chi connectivity index (χ4n) is 3.16. The molecule has 0 aliphatic heterocycles. The number of fused-ring (bicyclic) bond motifs is 1. The highest BCUT2D eigenvalue weighted by atomic mass is 32.1. The van der Waals surface area contributed by atoms with E-state index in [-0.39, 0.29) is 18.4 Å². The second-order valence-corrected chi connectivity index (χ2v) is 8.85. The molecule has 0 aliphatic rings. The SMILES string of the molecule is Cc1ncc(-c2ccc(C(=O)Nc3nc4cc(C(N)=O)ccc4n3CC(C)(C)O)s2)o1. The van der Waals surface area contributed by atoms with Gasteiger partial charge in [0, 0.05) is 12.5 Å². The molecule has 0 bridgehead atoms. The maximum Gasteiger partial charge on any atom is 0.268 e. The van der Waals surface area contributed by atoms with Gasteiger partial charge in [-0.05, 0) is 44.2 Å². The van der Waals surface area contributed by atoms with Crippen molar-refractivity contribution in [3.8, 4) is 10.6 Å². The van der Waals surface area contributed by atoms with Gasteiger partial charge in [-0.2, -0.15) is 0 Å². The van der Waals surface area contributed by atoms with Gasteiger partial charge in [-0.15, -0.1) is 11.3 Å². The van der Waals surface area contributed by atoms with Crippen LogP contribution >= 0.6 is 11.3 Å². The molecule has 0 saturated heterocycles. The van der Waals surface area contributed by atoms with Crippen molar-refractivity contribution in [2.24, 2.45) is 5.73 Å². The highest BCUT2D eigenvalue weighted by molar-refractivity contribution is 7.17. The Hall–Kier alpha value is -3.50. The molecule has 0 saturated carbocycles. The van der Waals surface area contributed by atoms with Gasteiger partial charge in [-0.1, -0.05) is 0 Å². The van der Waals surface area contributed by atoms with E-state index in [4.69, 9.17) is 10.2 Å². The molecule has 9 nitrogen and oxygen atoms in total. The summed E-state index contributed by atoms with van der Waals surface area (Å²) in [6.07, 6.45) is 1.61. The van der Waals surface area contributed by atoms with E-state index in [1.807, 2.05) is 0 Å². The van der Waals surface area contributed by atoms with Gasteiger partial charge in [0.15, 0.2) is 11.7 Å². The molecule has 4 rings (SSSR count). The Labute approximate surface area is 181 Å². The number of carbonyl (C=O) groups excluding carboxylic acids is 2. The number of thiophene rings is 1. The molecule has 4 N–H and O–H groups in total. The van der Waals surface area contributed by atoms with Crippen molar-refractivity contribution in [3.05, 3.63) is 52.9 Å². The maximum absolute atomic E-state index is 12.9. The van der Waals surface area contributed by atoms with E-state index in [0.717, 1.165) is 4.88 Å². The number of anilines is 1. The molecule has 10 heteroatoms. The van der Waals surface area contributed by atoms with Gasteiger partial charge in [0.25, 0.3) is 5.91 Å². The molecule has 0 spiro atoms. The summed E-state index contributed by atoms with van der Waals surface area (Å²) >= 11 is 1.27. The minimum Gasteiger partial charge on any atom is -0.440 e. The first-order chi connectivity index (χ1) is 14.6. The first-order valence-electron chi connectivity index (χ1n) is 9.47. The lowest BCUT2D eigenvalue weighted by Gasteiger charge is -2.20. The number of nitrogens with two attached hydrogens (primary N) is 1. The zero-order valence-corrected chi connectivity index (χ0v) is 18.0. The number of aryl methyl sites for hydroxylation is 1. The molecule has 3 aromatic heterocycles. The summed E-state index contributed by atoms with van der Waals surface area (Å²) in [5.74, 6) is 0.474. The number of aliphatic hydroxyl groups is 1. The molecule has 0 unspecified atom stereocenters. The van der Waals surface area contributed by atoms with Gasteiger partial charge in [0.2, 0.25) is 11.9 Å². The minimum absolute atomic E-state index is 0.183. The van der Waals surface area contributed by atoms with Crippen molar-refractivity contribution in [2.75, 3.05) is 5.32 Å². The number of benzene rings is 1. The number of nitrogens with one attached hydrogen (secondary N) is 1. The van der Waals surface area contributed by atoms with Crippen molar-refractivity contribution in [3.63, 3.8) is 0 Å². The van der Waals surface area contributed by atoms with Gasteiger partial charge >= 0.3 is 0 Å². The van der Waals surface area contributed by atoms with Gasteiger partial charge in [0.1, 0.15) is 0 Å². The van der Waals surface area contributed by atoms with Crippen molar-refractivity contribution in [1.82, 2.24) is 14.5 Å². The van der Waals surface area contributed by atoms with E-state index in [1.165, 1.54) is 11.3 Å². The van der Waals surface area contributed by atoms with Gasteiger partial charge in [-0.3, -0.25) is 14.9 Å². The largest absolute Gasteiger partial charge is 0.440 e. The highest BCUT2D eigenvalue weighted by Gasteiger charge is 2.22. The molecule has 160 valence electrons. The number of carbonyl (C=O) groups is 2. The molecular weight excluding hydrogens is 418 g/mol. The fourth-order valence-corrected chi connectivity index (χ4v) is 4.00. The Morgan fingerprint density at radius 1 is 1.29 bits per heavy atom. The first-order valence-corrected chi connectivity index (χ1v) is 10.3. The molecule has 31 heavy (non-hydrogen) atoms. The fraction of sp³-hybridized carbons (Fsp3) is 0.238. The average Bonchev–Trinajstić information content (AvgIpc) is 3.40. The lowest BCUT2D eigenvalue weighted by atomic mass is 10.1. The summed E-state index contributed by atoms with van der Waals surface area (Å²) in [6, 6.07) is 8.33. The van der Waals surface area contributed by atoms with E-state index in [2.05, 4.69) is 15.3 Å². The number of aromatic nitrogens is 3. The van der Waals surface area contributed by atoms with Crippen LogP contribution in [0.25, 0.3) is 21.7 Å². The molecule has 0 atom stereocenters. The summed E-state index contributed by atoms with van der Waals surface area (Å²) in [7, 11) is 0. The van der Waals surface area contributed by atoms with Crippen LogP contribution in [0.3, 0.4) is 0 Å². The quantitative estimate of drug-likeness (QED) is 0.422. The highest BCUT2D eigenvalue weighted by Crippen LogP contribution is 2.30. The van der Waals surface area contributed by atoms with Crippen molar-refractivity contribution in [1.29, 1.82) is 0 Å². The number of primary amides is 1. The molecule has 0 radical (unpaired) electrons. The smallest absolute Gasteiger partial charge is 0.268 e. The maximum atomic E-state index is 12.9. The molecule has 0 fully saturated rings. The summed E-state index contributed by atoms with van der Waals surface area (Å²) in [4.78, 5) is 34.2. The van der Waals surface area contributed by atoms with E-state index < -0.39 is 11.5 Å². The molecule has 1 aromatic carbocycles. The molecular formula is C21H21N5O4S. The third-order valence-corrected chi connectivity index (χ3v) is 5.60. The van der Waals surface area contributed by atoms with Crippen LogP contribution in [0.15, 0.2) is 40.9 Å². The number of rotatable bonds is 6. The summed E-state index contributed by atoms with van der Waals surface area (Å²) in [5.41, 5.74) is 5.76. The van der Waals surface area contributed by atoms with E-state index in [1.54, 1.807) is 61.9 Å². The standard InChI is InChI=1S/C21H21N5O4S/c1-11-23-9-15(30-11)16-6-7-17(31-16)19(28)25-20-24-13-8-12(18(22)27)4-5-14(13)26(20)10-21(2,3)29/h4-9,29H,10H2,1-3H3,(H2,22,27)(H,24,25,28). The third-order valence-electron chi connectivity index (χ3n) is 4.50. The van der Waals surface area contributed by atoms with Crippen LogP contribution in [0, 0.1) is 6.92 Å². The Morgan fingerprint density at radius 2 is 2.06 bits per heavy atom. The van der Waals surface area contributed by atoms with Gasteiger partial charge in [-0.25, -0.2) is 9.97 Å². The minimum atomic E-state index is -1.06. The number of nitrogens with zero attached hydrogens (tertiary/aromatic N) is 3. The number of imidazole rings is 1. The van der Waals surface area contributed by atoms with Crippen LogP contribution in [0.2, 0.25) is 0 Å². The van der Waals surface area contributed by atoms with E-state index in [0.29, 0.717) is 33.1 Å². The van der Waals surface area contributed by atoms with E-state index >= 15 is 0 Å². The van der Waals surface area contributed by atoms with Crippen LogP contribution in [-0.4, -0.2) is 37.1 Å². The Balaban J connectivity index is 1.68. The van der Waals surface area contributed by atoms with Crippen LogP contribution in [0.1, 0.15) is 39.8 Å². The second-order valence-electron chi connectivity index (χ2n) is 7.76. The second kappa shape index (κ2) is 7.64. The Morgan fingerprint density at radius 3 is 2.71 bits per heavy atom. The molecule has 2 amide bonds. The number of hydrogen-bond acceptors (Lipinski definition) is 7. The monoisotopic (exact) mass is 439 g/mol. The average molecular weight is 439 g/mol. The lowest BCUT2D eigenvalue weighted by molar-refractivity contribution is 0.0630. The summed E-state index contributed by atoms with van der Waals surface area (Å²) in [5, 5.41) is 13.2. The number of oxazole rings is 1. The van der Waals surface area contributed by atoms with Crippen molar-refractivity contribution < 1.29 is 19.1 Å². The predicted octanol–water partition coefficient (Wildman–Crippen LogP) is 3.18. The van der Waals surface area contributed by atoms with Crippen LogP contribution in [0.4, 0.5) is 5.95 Å². The van der Waals surface area contributed by atoms with Crippen LogP contribution < -0.4 is 11.1 Å². The molecule has 3 heterocycles. The topological polar surface area (TPSA) is 136 Å². The van der Waals surface area contributed by atoms with Gasteiger partial charge < -0.3 is 19.8 Å². The molecule has 0 aliphatic carbocycles. The van der Waals surface area contributed by atoms with Crippen molar-refractivity contribution in [2.45, 2.75) is 32.9 Å². The van der Waals surface area contributed by atoms with Crippen molar-refractivity contribution >= 4 is 40.1 Å². The zero-order chi connectivity index (χ0) is 22.3. The zero-order valence-electron chi connectivity index (χ0n) is 17.2. The van der Waals surface area contributed by atoms with Crippen LogP contribution in [-0.2, 0) is 6.54 Å². The first kappa shape index (κ1) is 20.8. The van der Waals surface area contributed by atoms with Gasteiger partial charge in [0.05, 0.1) is 39.1 Å². The number of amides is 2. The molecule has 4 aromatic rings. The summed E-state index contributed by atoms with van der Waals surface area (Å²) in [6.45, 7) is 5.25. The summed E-state index contributed by atoms with van der Waals surface area (Å²) < 4.78 is 7.21. The third kappa shape index (κ3) is 4.35.